The Bertz CT molecular complexity index is 1150. The molecular formula is C20H18N4OS. The Hall–Kier alpha value is -2.86. The van der Waals surface area contributed by atoms with Crippen molar-refractivity contribution in [2.45, 2.75) is 18.1 Å². The molecule has 0 unspecified atom stereocenters. The van der Waals surface area contributed by atoms with Crippen molar-refractivity contribution in [2.24, 2.45) is 0 Å². The van der Waals surface area contributed by atoms with E-state index in [-0.39, 0.29) is 5.56 Å². The number of hydrogen-bond acceptors (Lipinski definition) is 4. The molecule has 4 aromatic rings. The van der Waals surface area contributed by atoms with E-state index in [4.69, 9.17) is 4.98 Å². The van der Waals surface area contributed by atoms with Gasteiger partial charge < -0.3 is 9.55 Å². The lowest BCUT2D eigenvalue weighted by molar-refractivity contribution is 0.748. The molecule has 0 aliphatic carbocycles. The number of thioether (sulfide) groups is 1. The molecule has 26 heavy (non-hydrogen) atoms. The van der Waals surface area contributed by atoms with Crippen LogP contribution in [-0.4, -0.2) is 25.3 Å². The van der Waals surface area contributed by atoms with Crippen molar-refractivity contribution < 1.29 is 0 Å². The molecule has 1 N–H and O–H groups in total. The summed E-state index contributed by atoms with van der Waals surface area (Å²) in [5.74, 6) is 1.48. The van der Waals surface area contributed by atoms with Gasteiger partial charge >= 0.3 is 0 Å². The van der Waals surface area contributed by atoms with Crippen LogP contribution in [0.4, 0.5) is 0 Å². The van der Waals surface area contributed by atoms with Crippen LogP contribution in [0.5, 0.6) is 0 Å². The molecule has 0 spiro atoms. The maximum Gasteiger partial charge on any atom is 0.258 e. The minimum Gasteiger partial charge on any atom is -0.315 e. The zero-order chi connectivity index (χ0) is 17.9. The van der Waals surface area contributed by atoms with Crippen molar-refractivity contribution >= 4 is 33.7 Å². The monoisotopic (exact) mass is 362 g/mol. The van der Waals surface area contributed by atoms with Gasteiger partial charge in [-0.3, -0.25) is 4.79 Å². The van der Waals surface area contributed by atoms with E-state index in [1.54, 1.807) is 17.8 Å². The molecule has 2 heterocycles. The molecule has 0 atom stereocenters. The van der Waals surface area contributed by atoms with Gasteiger partial charge in [0.2, 0.25) is 0 Å². The molecule has 0 saturated carbocycles. The summed E-state index contributed by atoms with van der Waals surface area (Å²) < 4.78 is 2.16. The number of aromatic amines is 1. The molecule has 0 aliphatic heterocycles. The summed E-state index contributed by atoms with van der Waals surface area (Å²) in [6.07, 6.45) is 2.54. The fraction of sp³-hybridized carbons (Fsp3) is 0.150. The number of nitrogens with zero attached hydrogens (tertiary/aromatic N) is 3. The molecule has 2 aromatic heterocycles. The third kappa shape index (κ3) is 3.15. The second-order valence-electron chi connectivity index (χ2n) is 5.91. The fourth-order valence-electron chi connectivity index (χ4n) is 2.96. The fourth-order valence-corrected chi connectivity index (χ4v) is 3.93. The highest BCUT2D eigenvalue weighted by Gasteiger charge is 2.10. The minimum atomic E-state index is -0.0884. The van der Waals surface area contributed by atoms with E-state index < -0.39 is 0 Å². The molecule has 0 aliphatic rings. The van der Waals surface area contributed by atoms with E-state index in [0.29, 0.717) is 24.2 Å². The lowest BCUT2D eigenvalue weighted by atomic mass is 10.2. The first-order valence-corrected chi connectivity index (χ1v) is 9.42. The average molecular weight is 362 g/mol. The molecule has 0 bridgehead atoms. The minimum absolute atomic E-state index is 0.0884. The number of benzene rings is 2. The largest absolute Gasteiger partial charge is 0.315 e. The van der Waals surface area contributed by atoms with Gasteiger partial charge in [0, 0.05) is 18.7 Å². The van der Waals surface area contributed by atoms with Crippen molar-refractivity contribution in [3.05, 3.63) is 77.4 Å². The number of nitrogens with one attached hydrogen (secondary N) is 1. The normalized spacial score (nSPS) is 11.2. The summed E-state index contributed by atoms with van der Waals surface area (Å²) in [5, 5.41) is 1.57. The Morgan fingerprint density at radius 3 is 2.69 bits per heavy atom. The molecule has 0 saturated heterocycles. The highest BCUT2D eigenvalue weighted by molar-refractivity contribution is 7.99. The molecule has 130 valence electrons. The number of hydrogen-bond donors (Lipinski definition) is 1. The lowest BCUT2D eigenvalue weighted by Crippen LogP contribution is -2.12. The summed E-state index contributed by atoms with van der Waals surface area (Å²) in [7, 11) is 0. The van der Waals surface area contributed by atoms with Crippen LogP contribution in [0.2, 0.25) is 0 Å². The summed E-state index contributed by atoms with van der Waals surface area (Å²) in [6, 6.07) is 15.5. The molecule has 4 rings (SSSR count). The third-order valence-electron chi connectivity index (χ3n) is 4.16. The van der Waals surface area contributed by atoms with Crippen LogP contribution in [-0.2, 0) is 13.0 Å². The topological polar surface area (TPSA) is 63.6 Å². The summed E-state index contributed by atoms with van der Waals surface area (Å²) in [4.78, 5) is 24.3. The molecule has 2 aromatic carbocycles. The maximum atomic E-state index is 12.2. The van der Waals surface area contributed by atoms with E-state index in [2.05, 4.69) is 27.2 Å². The Morgan fingerprint density at radius 2 is 1.85 bits per heavy atom. The molecule has 6 heteroatoms. The van der Waals surface area contributed by atoms with Gasteiger partial charge in [-0.2, -0.15) is 0 Å². The lowest BCUT2D eigenvalue weighted by Gasteiger charge is -2.06. The van der Waals surface area contributed by atoms with Gasteiger partial charge in [-0.1, -0.05) is 42.1 Å². The van der Waals surface area contributed by atoms with Gasteiger partial charge in [0.1, 0.15) is 5.82 Å². The van der Waals surface area contributed by atoms with Gasteiger partial charge in [-0.05, 0) is 24.3 Å². The first kappa shape index (κ1) is 16.6. The smallest absolute Gasteiger partial charge is 0.258 e. The van der Waals surface area contributed by atoms with Crippen molar-refractivity contribution in [2.75, 3.05) is 5.75 Å². The second-order valence-corrected chi connectivity index (χ2v) is 6.97. The van der Waals surface area contributed by atoms with Crippen molar-refractivity contribution in [1.29, 1.82) is 0 Å². The Labute approximate surface area is 154 Å². The van der Waals surface area contributed by atoms with Crippen LogP contribution < -0.4 is 5.56 Å². The Morgan fingerprint density at radius 1 is 1.08 bits per heavy atom. The SMILES string of the molecule is C=CCn1c(SCCc2nc3ccccc3c(=O)[nH]2)nc2ccccc21. The Kier molecular flexibility index (Phi) is 4.58. The first-order chi connectivity index (χ1) is 12.8. The number of imidazole rings is 1. The first-order valence-electron chi connectivity index (χ1n) is 8.43. The van der Waals surface area contributed by atoms with E-state index in [1.165, 1.54) is 0 Å². The van der Waals surface area contributed by atoms with Crippen LogP contribution in [0.3, 0.4) is 0 Å². The number of rotatable bonds is 6. The second kappa shape index (κ2) is 7.17. The standard InChI is InChI=1S/C20H18N4OS/c1-2-12-24-17-10-6-5-9-16(17)22-20(24)26-13-11-18-21-15-8-4-3-7-14(15)19(25)23-18/h2-10H,1,11-13H2,(H,21,23,25). The predicted octanol–water partition coefficient (Wildman–Crippen LogP) is 3.79. The van der Waals surface area contributed by atoms with Gasteiger partial charge in [0.15, 0.2) is 5.16 Å². The third-order valence-corrected chi connectivity index (χ3v) is 5.14. The molecule has 0 fully saturated rings. The highest BCUT2D eigenvalue weighted by Crippen LogP contribution is 2.24. The van der Waals surface area contributed by atoms with Crippen LogP contribution >= 0.6 is 11.8 Å². The van der Waals surface area contributed by atoms with Gasteiger partial charge in [-0.25, -0.2) is 9.97 Å². The van der Waals surface area contributed by atoms with Gasteiger partial charge in [-0.15, -0.1) is 6.58 Å². The average Bonchev–Trinajstić information content (AvgIpc) is 3.00. The predicted molar refractivity (Wildman–Crippen MR) is 107 cm³/mol. The zero-order valence-electron chi connectivity index (χ0n) is 14.2. The van der Waals surface area contributed by atoms with E-state index in [1.807, 2.05) is 42.5 Å². The van der Waals surface area contributed by atoms with Gasteiger partial charge in [0.05, 0.1) is 21.9 Å². The number of aryl methyl sites for hydroxylation is 1. The number of para-hydroxylation sites is 3. The van der Waals surface area contributed by atoms with Crippen molar-refractivity contribution in [3.63, 3.8) is 0 Å². The van der Waals surface area contributed by atoms with Crippen LogP contribution in [0, 0.1) is 0 Å². The summed E-state index contributed by atoms with van der Waals surface area (Å²) in [5.41, 5.74) is 2.73. The summed E-state index contributed by atoms with van der Waals surface area (Å²) >= 11 is 1.66. The molecule has 0 amide bonds. The van der Waals surface area contributed by atoms with Crippen LogP contribution in [0.25, 0.3) is 21.9 Å². The number of allylic oxidation sites excluding steroid dienone is 1. The van der Waals surface area contributed by atoms with Crippen LogP contribution in [0.1, 0.15) is 5.82 Å². The molecule has 0 radical (unpaired) electrons. The summed E-state index contributed by atoms with van der Waals surface area (Å²) in [6.45, 7) is 4.56. The van der Waals surface area contributed by atoms with E-state index in [9.17, 15) is 4.79 Å². The number of fused-ring (bicyclic) bond motifs is 2. The quantitative estimate of drug-likeness (QED) is 0.419. The molecular weight excluding hydrogens is 344 g/mol. The van der Waals surface area contributed by atoms with Gasteiger partial charge in [0.25, 0.3) is 5.56 Å². The number of H-pyrrole nitrogens is 1. The van der Waals surface area contributed by atoms with E-state index >= 15 is 0 Å². The van der Waals surface area contributed by atoms with Crippen molar-refractivity contribution in [1.82, 2.24) is 19.5 Å². The molecule has 5 nitrogen and oxygen atoms in total. The zero-order valence-corrected chi connectivity index (χ0v) is 15.0. The highest BCUT2D eigenvalue weighted by atomic mass is 32.2. The maximum absolute atomic E-state index is 12.2. The number of aromatic nitrogens is 4. The van der Waals surface area contributed by atoms with E-state index in [0.717, 1.165) is 27.5 Å². The van der Waals surface area contributed by atoms with Crippen molar-refractivity contribution in [3.8, 4) is 0 Å². The Balaban J connectivity index is 1.55. The van der Waals surface area contributed by atoms with Crippen LogP contribution in [0.15, 0.2) is 71.1 Å².